The lowest BCUT2D eigenvalue weighted by atomic mass is 10.1. The Hall–Kier alpha value is -0.970. The van der Waals surface area contributed by atoms with Crippen LogP contribution in [-0.2, 0) is 9.59 Å². The summed E-state index contributed by atoms with van der Waals surface area (Å²) >= 11 is 17.8. The minimum Gasteiger partial charge on any atom is -0.346 e. The summed E-state index contributed by atoms with van der Waals surface area (Å²) in [5, 5.41) is 5.80. The zero-order valence-corrected chi connectivity index (χ0v) is 13.9. The average Bonchev–Trinajstić information content (AvgIpc) is 2.92. The van der Waals surface area contributed by atoms with Crippen molar-refractivity contribution in [2.75, 3.05) is 11.9 Å². The Morgan fingerprint density at radius 3 is 2.52 bits per heavy atom. The highest BCUT2D eigenvalue weighted by molar-refractivity contribution is 6.53. The summed E-state index contributed by atoms with van der Waals surface area (Å²) in [6.45, 7) is 3.32. The number of hydrogen-bond acceptors (Lipinski definition) is 2. The summed E-state index contributed by atoms with van der Waals surface area (Å²) < 4.78 is -1.04. The predicted molar refractivity (Wildman–Crippen MR) is 85.0 cm³/mol. The summed E-state index contributed by atoms with van der Waals surface area (Å²) in [6.07, 6.45) is 0.379. The maximum atomic E-state index is 11.9. The van der Waals surface area contributed by atoms with E-state index in [0.717, 1.165) is 5.56 Å². The molecule has 1 aromatic rings. The molecule has 0 unspecified atom stereocenters. The second-order valence-electron chi connectivity index (χ2n) is 5.36. The van der Waals surface area contributed by atoms with Crippen molar-refractivity contribution < 1.29 is 9.59 Å². The van der Waals surface area contributed by atoms with Gasteiger partial charge in [-0.25, -0.2) is 0 Å². The fourth-order valence-electron chi connectivity index (χ4n) is 1.94. The van der Waals surface area contributed by atoms with Crippen molar-refractivity contribution in [1.29, 1.82) is 0 Å². The molecule has 0 aromatic heterocycles. The van der Waals surface area contributed by atoms with Crippen LogP contribution in [-0.4, -0.2) is 22.7 Å². The SMILES string of the molecule is Cc1c(Cl)cccc1NC(=O)CNC(=O)[C@]1(C)CC1(Cl)Cl. The molecule has 0 saturated heterocycles. The van der Waals surface area contributed by atoms with E-state index in [9.17, 15) is 9.59 Å². The number of nitrogens with one attached hydrogen (secondary N) is 2. The predicted octanol–water partition coefficient (Wildman–Crippen LogP) is 3.29. The van der Waals surface area contributed by atoms with Gasteiger partial charge in [0.25, 0.3) is 0 Å². The Morgan fingerprint density at radius 2 is 1.95 bits per heavy atom. The van der Waals surface area contributed by atoms with Crippen molar-refractivity contribution in [3.05, 3.63) is 28.8 Å². The monoisotopic (exact) mass is 348 g/mol. The van der Waals surface area contributed by atoms with Gasteiger partial charge >= 0.3 is 0 Å². The van der Waals surface area contributed by atoms with Crippen LogP contribution in [0.2, 0.25) is 5.02 Å². The first-order valence-corrected chi connectivity index (χ1v) is 7.52. The molecule has 7 heteroatoms. The van der Waals surface area contributed by atoms with Gasteiger partial charge in [-0.2, -0.15) is 0 Å². The maximum absolute atomic E-state index is 11.9. The van der Waals surface area contributed by atoms with Gasteiger partial charge in [-0.1, -0.05) is 17.7 Å². The molecule has 0 heterocycles. The third-order valence-corrected chi connectivity index (χ3v) is 5.22. The first-order valence-electron chi connectivity index (χ1n) is 6.38. The lowest BCUT2D eigenvalue weighted by molar-refractivity contribution is -0.127. The zero-order valence-electron chi connectivity index (χ0n) is 11.6. The molecule has 1 aliphatic rings. The number of hydrogen-bond donors (Lipinski definition) is 2. The molecule has 21 heavy (non-hydrogen) atoms. The van der Waals surface area contributed by atoms with Crippen LogP contribution < -0.4 is 10.6 Å². The summed E-state index contributed by atoms with van der Waals surface area (Å²) in [7, 11) is 0. The Morgan fingerprint density at radius 1 is 1.33 bits per heavy atom. The van der Waals surface area contributed by atoms with Gasteiger partial charge in [0.1, 0.15) is 4.33 Å². The lowest BCUT2D eigenvalue weighted by Gasteiger charge is -2.13. The second-order valence-corrected chi connectivity index (χ2v) is 7.25. The molecule has 1 atom stereocenters. The maximum Gasteiger partial charge on any atom is 0.243 e. The van der Waals surface area contributed by atoms with E-state index in [2.05, 4.69) is 10.6 Å². The number of anilines is 1. The minimum absolute atomic E-state index is 0.149. The van der Waals surface area contributed by atoms with Gasteiger partial charge in [0, 0.05) is 10.7 Å². The largest absolute Gasteiger partial charge is 0.346 e. The van der Waals surface area contributed by atoms with Gasteiger partial charge < -0.3 is 10.6 Å². The molecule has 1 aromatic carbocycles. The molecule has 0 radical (unpaired) electrons. The molecular formula is C14H15Cl3N2O2. The first-order chi connectivity index (χ1) is 9.67. The molecule has 1 aliphatic carbocycles. The number of alkyl halides is 2. The minimum atomic E-state index is -1.04. The topological polar surface area (TPSA) is 58.2 Å². The van der Waals surface area contributed by atoms with Crippen molar-refractivity contribution in [2.45, 2.75) is 24.6 Å². The Balaban J connectivity index is 1.89. The molecule has 114 valence electrons. The average molecular weight is 350 g/mol. The second kappa shape index (κ2) is 5.67. The highest BCUT2D eigenvalue weighted by Gasteiger charge is 2.67. The zero-order chi connectivity index (χ0) is 15.8. The van der Waals surface area contributed by atoms with Crippen LogP contribution in [0.25, 0.3) is 0 Å². The highest BCUT2D eigenvalue weighted by Crippen LogP contribution is 2.63. The third-order valence-electron chi connectivity index (χ3n) is 3.71. The van der Waals surface area contributed by atoms with E-state index in [4.69, 9.17) is 34.8 Å². The molecule has 2 amide bonds. The summed E-state index contributed by atoms with van der Waals surface area (Å²) in [5.74, 6) is -0.668. The molecule has 0 bridgehead atoms. The van der Waals surface area contributed by atoms with Gasteiger partial charge in [-0.15, -0.1) is 23.2 Å². The van der Waals surface area contributed by atoms with Crippen LogP contribution in [0.1, 0.15) is 18.9 Å². The smallest absolute Gasteiger partial charge is 0.243 e. The fraction of sp³-hybridized carbons (Fsp3) is 0.429. The Labute approximate surface area is 138 Å². The van der Waals surface area contributed by atoms with Crippen molar-refractivity contribution in [3.8, 4) is 0 Å². The van der Waals surface area contributed by atoms with Crippen LogP contribution in [0.4, 0.5) is 5.69 Å². The van der Waals surface area contributed by atoms with Gasteiger partial charge in [-0.05, 0) is 38.0 Å². The number of halogens is 3. The van der Waals surface area contributed by atoms with Crippen LogP contribution in [0.3, 0.4) is 0 Å². The van der Waals surface area contributed by atoms with Crippen molar-refractivity contribution in [2.24, 2.45) is 5.41 Å². The van der Waals surface area contributed by atoms with Gasteiger partial charge in [-0.3, -0.25) is 9.59 Å². The molecule has 2 N–H and O–H groups in total. The summed E-state index contributed by atoms with van der Waals surface area (Å²) in [5.41, 5.74) is 0.555. The number of rotatable bonds is 4. The van der Waals surface area contributed by atoms with Crippen molar-refractivity contribution in [3.63, 3.8) is 0 Å². The molecule has 1 saturated carbocycles. The Kier molecular flexibility index (Phi) is 4.43. The third kappa shape index (κ3) is 3.28. The van der Waals surface area contributed by atoms with Crippen LogP contribution in [0, 0.1) is 12.3 Å². The van der Waals surface area contributed by atoms with Crippen LogP contribution >= 0.6 is 34.8 Å². The first kappa shape index (κ1) is 16.4. The van der Waals surface area contributed by atoms with E-state index in [1.165, 1.54) is 0 Å². The highest BCUT2D eigenvalue weighted by atomic mass is 35.5. The number of carbonyl (C=O) groups excluding carboxylic acids is 2. The number of benzene rings is 1. The number of amides is 2. The molecule has 0 aliphatic heterocycles. The lowest BCUT2D eigenvalue weighted by Crippen LogP contribution is -2.38. The summed E-state index contributed by atoms with van der Waals surface area (Å²) in [4.78, 5) is 23.8. The van der Waals surface area contributed by atoms with E-state index in [-0.39, 0.29) is 18.4 Å². The van der Waals surface area contributed by atoms with Crippen LogP contribution in [0.5, 0.6) is 0 Å². The molecule has 2 rings (SSSR count). The Bertz CT molecular complexity index is 604. The van der Waals surface area contributed by atoms with Gasteiger partial charge in [0.15, 0.2) is 0 Å². The van der Waals surface area contributed by atoms with Crippen LogP contribution in [0.15, 0.2) is 18.2 Å². The summed E-state index contributed by atoms with van der Waals surface area (Å²) in [6, 6.07) is 5.22. The van der Waals surface area contributed by atoms with E-state index >= 15 is 0 Å². The van der Waals surface area contributed by atoms with Gasteiger partial charge in [0.05, 0.1) is 12.0 Å². The fourth-order valence-corrected chi connectivity index (χ4v) is 2.82. The molecule has 0 spiro atoms. The van der Waals surface area contributed by atoms with E-state index in [1.807, 2.05) is 0 Å². The molecule has 4 nitrogen and oxygen atoms in total. The molecular weight excluding hydrogens is 335 g/mol. The number of carbonyl (C=O) groups is 2. The van der Waals surface area contributed by atoms with E-state index in [0.29, 0.717) is 17.1 Å². The van der Waals surface area contributed by atoms with E-state index < -0.39 is 9.75 Å². The quantitative estimate of drug-likeness (QED) is 0.820. The van der Waals surface area contributed by atoms with Gasteiger partial charge in [0.2, 0.25) is 11.8 Å². The normalized spacial score (nSPS) is 22.5. The molecule has 1 fully saturated rings. The standard InChI is InChI=1S/C14H15Cl3N2O2/c1-8-9(15)4-3-5-10(8)19-11(20)6-18-12(21)13(2)7-14(13,16)17/h3-5H,6-7H2,1-2H3,(H,18,21)(H,19,20)/t13-/m0/s1. The van der Waals surface area contributed by atoms with E-state index in [1.54, 1.807) is 32.0 Å². The van der Waals surface area contributed by atoms with Crippen molar-refractivity contribution in [1.82, 2.24) is 5.32 Å². The van der Waals surface area contributed by atoms with Crippen molar-refractivity contribution >= 4 is 52.3 Å².